The molecule has 0 N–H and O–H groups in total. The molecular formula is C26H31NO6S. The number of ketones is 1. The van der Waals surface area contributed by atoms with Crippen molar-refractivity contribution < 1.29 is 27.5 Å². The molecule has 1 fully saturated rings. The average Bonchev–Trinajstić information content (AvgIpc) is 3.18. The summed E-state index contributed by atoms with van der Waals surface area (Å²) in [5.41, 5.74) is 1.38. The molecule has 2 aromatic carbocycles. The third kappa shape index (κ3) is 5.27. The number of Topliss-reactive ketones (excluding diaryl/α,β-unsaturated/α-hetero) is 1. The first-order valence-corrected chi connectivity index (χ1v) is 13.0. The fourth-order valence-electron chi connectivity index (χ4n) is 4.44. The second-order valence-corrected chi connectivity index (χ2v) is 12.0. The number of aryl methyl sites for hydroxylation is 1. The van der Waals surface area contributed by atoms with E-state index in [1.165, 1.54) is 4.31 Å². The molecule has 2 atom stereocenters. The van der Waals surface area contributed by atoms with E-state index in [9.17, 15) is 18.0 Å². The smallest absolute Gasteiger partial charge is 0.310 e. The minimum Gasteiger partial charge on any atom is -0.486 e. The maximum absolute atomic E-state index is 13.7. The average molecular weight is 486 g/mol. The zero-order valence-corrected chi connectivity index (χ0v) is 20.9. The number of hydrogen-bond donors (Lipinski definition) is 0. The van der Waals surface area contributed by atoms with Gasteiger partial charge in [-0.25, -0.2) is 8.42 Å². The molecule has 0 amide bonds. The second-order valence-electron chi connectivity index (χ2n) is 10.1. The molecule has 34 heavy (non-hydrogen) atoms. The largest absolute Gasteiger partial charge is 0.486 e. The lowest BCUT2D eigenvalue weighted by molar-refractivity contribution is -0.153. The van der Waals surface area contributed by atoms with E-state index in [1.807, 2.05) is 6.92 Å². The van der Waals surface area contributed by atoms with Crippen LogP contribution >= 0.6 is 0 Å². The molecule has 2 unspecified atom stereocenters. The molecule has 1 aliphatic carbocycles. The molecule has 0 aromatic heterocycles. The first-order valence-electron chi connectivity index (χ1n) is 11.5. The maximum Gasteiger partial charge on any atom is 0.310 e. The Morgan fingerprint density at radius 1 is 1.15 bits per heavy atom. The maximum atomic E-state index is 13.7. The van der Waals surface area contributed by atoms with E-state index in [1.54, 1.807) is 63.2 Å². The molecule has 0 spiro atoms. The highest BCUT2D eigenvalue weighted by atomic mass is 32.2. The number of nitrogens with zero attached hydrogens (tertiary/aromatic N) is 1. The number of esters is 1. The summed E-state index contributed by atoms with van der Waals surface area (Å²) in [4.78, 5) is 24.4. The van der Waals surface area contributed by atoms with E-state index >= 15 is 0 Å². The molecule has 1 aliphatic heterocycles. The van der Waals surface area contributed by atoms with E-state index in [0.717, 1.165) is 5.56 Å². The first kappa shape index (κ1) is 24.3. The number of fused-ring (bicyclic) bond motifs is 1. The summed E-state index contributed by atoms with van der Waals surface area (Å²) >= 11 is 0. The molecule has 0 saturated heterocycles. The van der Waals surface area contributed by atoms with Crippen LogP contribution in [0.25, 0.3) is 0 Å². The lowest BCUT2D eigenvalue weighted by Gasteiger charge is -2.38. The van der Waals surface area contributed by atoms with E-state index in [-0.39, 0.29) is 35.5 Å². The summed E-state index contributed by atoms with van der Waals surface area (Å²) in [6.45, 7) is 7.41. The van der Waals surface area contributed by atoms with Crippen LogP contribution in [0, 0.1) is 12.8 Å². The SMILES string of the molecule is Cc1ccc(S(=O)(=O)N2CC(C3CCC(=O)C3)Oc3ccc(CC(=O)OC(C)(C)C)cc32)cc1. The zero-order chi connectivity index (χ0) is 24.7. The second kappa shape index (κ2) is 9.06. The highest BCUT2D eigenvalue weighted by molar-refractivity contribution is 7.92. The Hall–Kier alpha value is -2.87. The van der Waals surface area contributed by atoms with Crippen molar-refractivity contribution in [3.05, 3.63) is 53.6 Å². The monoisotopic (exact) mass is 485 g/mol. The number of rotatable bonds is 5. The molecule has 182 valence electrons. The molecule has 0 radical (unpaired) electrons. The van der Waals surface area contributed by atoms with Gasteiger partial charge in [-0.1, -0.05) is 23.8 Å². The minimum atomic E-state index is -3.89. The van der Waals surface area contributed by atoms with Crippen LogP contribution in [0.3, 0.4) is 0 Å². The molecule has 0 bridgehead atoms. The molecule has 1 heterocycles. The van der Waals surface area contributed by atoms with Gasteiger partial charge in [0.25, 0.3) is 10.0 Å². The van der Waals surface area contributed by atoms with E-state index in [0.29, 0.717) is 36.3 Å². The van der Waals surface area contributed by atoms with Gasteiger partial charge in [-0.05, 0) is 63.9 Å². The van der Waals surface area contributed by atoms with Crippen molar-refractivity contribution in [1.29, 1.82) is 0 Å². The van der Waals surface area contributed by atoms with E-state index in [2.05, 4.69) is 0 Å². The standard InChI is InChI=1S/C26H31NO6S/c1-17-5-10-21(11-6-17)34(30,31)27-16-24(19-8-9-20(28)15-19)32-23-12-7-18(13-22(23)27)14-25(29)33-26(2,3)4/h5-7,10-13,19,24H,8-9,14-16H2,1-4H3. The lowest BCUT2D eigenvalue weighted by Crippen LogP contribution is -2.46. The van der Waals surface area contributed by atoms with Crippen LogP contribution in [-0.2, 0) is 30.8 Å². The van der Waals surface area contributed by atoms with Gasteiger partial charge in [0.15, 0.2) is 0 Å². The van der Waals surface area contributed by atoms with Crippen molar-refractivity contribution >= 4 is 27.5 Å². The van der Waals surface area contributed by atoms with Gasteiger partial charge < -0.3 is 9.47 Å². The van der Waals surface area contributed by atoms with Gasteiger partial charge in [0.2, 0.25) is 0 Å². The molecule has 7 nitrogen and oxygen atoms in total. The van der Waals surface area contributed by atoms with E-state index < -0.39 is 21.7 Å². The Morgan fingerprint density at radius 3 is 2.47 bits per heavy atom. The molecular weight excluding hydrogens is 454 g/mol. The number of anilines is 1. The zero-order valence-electron chi connectivity index (χ0n) is 20.0. The number of sulfonamides is 1. The van der Waals surface area contributed by atoms with Crippen LogP contribution in [0.5, 0.6) is 5.75 Å². The summed E-state index contributed by atoms with van der Waals surface area (Å²) in [7, 11) is -3.89. The molecule has 2 aliphatic rings. The van der Waals surface area contributed by atoms with Crippen molar-refractivity contribution in [3.8, 4) is 5.75 Å². The third-order valence-electron chi connectivity index (χ3n) is 6.10. The van der Waals surface area contributed by atoms with Crippen molar-refractivity contribution in [2.24, 2.45) is 5.92 Å². The van der Waals surface area contributed by atoms with Gasteiger partial charge in [0.05, 0.1) is 23.5 Å². The topological polar surface area (TPSA) is 90.0 Å². The van der Waals surface area contributed by atoms with Crippen molar-refractivity contribution in [2.75, 3.05) is 10.8 Å². The minimum absolute atomic E-state index is 0.0174. The van der Waals surface area contributed by atoms with Gasteiger partial charge in [0.1, 0.15) is 23.2 Å². The van der Waals surface area contributed by atoms with Gasteiger partial charge in [0, 0.05) is 18.8 Å². The number of hydrogen-bond acceptors (Lipinski definition) is 6. The highest BCUT2D eigenvalue weighted by Gasteiger charge is 2.40. The number of carbonyl (C=O) groups is 2. The molecule has 2 aromatic rings. The fraction of sp³-hybridized carbons (Fsp3) is 0.462. The Balaban J connectivity index is 1.70. The van der Waals surface area contributed by atoms with Crippen LogP contribution in [0.4, 0.5) is 5.69 Å². The van der Waals surface area contributed by atoms with Crippen LogP contribution in [0.15, 0.2) is 47.4 Å². The van der Waals surface area contributed by atoms with Crippen molar-refractivity contribution in [1.82, 2.24) is 0 Å². The summed E-state index contributed by atoms with van der Waals surface area (Å²) in [6, 6.07) is 11.9. The summed E-state index contributed by atoms with van der Waals surface area (Å²) in [5.74, 6) is 0.191. The Kier molecular flexibility index (Phi) is 6.46. The first-order chi connectivity index (χ1) is 15.9. The van der Waals surface area contributed by atoms with E-state index in [4.69, 9.17) is 9.47 Å². The van der Waals surface area contributed by atoms with Crippen LogP contribution < -0.4 is 9.04 Å². The summed E-state index contributed by atoms with van der Waals surface area (Å²) in [6.07, 6.45) is 1.18. The summed E-state index contributed by atoms with van der Waals surface area (Å²) in [5, 5.41) is 0. The van der Waals surface area contributed by atoms with Gasteiger partial charge in [-0.3, -0.25) is 13.9 Å². The highest BCUT2D eigenvalue weighted by Crippen LogP contribution is 2.41. The van der Waals surface area contributed by atoms with Crippen molar-refractivity contribution in [3.63, 3.8) is 0 Å². The Bertz CT molecular complexity index is 1200. The Labute approximate surface area is 201 Å². The predicted octanol–water partition coefficient (Wildman–Crippen LogP) is 4.20. The molecule has 1 saturated carbocycles. The normalized spacial score (nSPS) is 20.6. The predicted molar refractivity (Wildman–Crippen MR) is 128 cm³/mol. The third-order valence-corrected chi connectivity index (χ3v) is 7.90. The Morgan fingerprint density at radius 2 is 1.85 bits per heavy atom. The van der Waals surface area contributed by atoms with Crippen molar-refractivity contribution in [2.45, 2.75) is 70.0 Å². The lowest BCUT2D eigenvalue weighted by atomic mass is 9.99. The van der Waals surface area contributed by atoms with Gasteiger partial charge in [-0.2, -0.15) is 0 Å². The quantitative estimate of drug-likeness (QED) is 0.590. The van der Waals surface area contributed by atoms with Crippen LogP contribution in [0.1, 0.15) is 51.2 Å². The molecule has 8 heteroatoms. The number of carbonyl (C=O) groups excluding carboxylic acids is 2. The molecule has 4 rings (SSSR count). The van der Waals surface area contributed by atoms with Gasteiger partial charge >= 0.3 is 5.97 Å². The summed E-state index contributed by atoms with van der Waals surface area (Å²) < 4.78 is 40.4. The fourth-order valence-corrected chi connectivity index (χ4v) is 5.92. The van der Waals surface area contributed by atoms with Crippen LogP contribution in [-0.4, -0.2) is 38.4 Å². The number of benzene rings is 2. The number of ether oxygens (including phenoxy) is 2. The van der Waals surface area contributed by atoms with Crippen LogP contribution in [0.2, 0.25) is 0 Å². The van der Waals surface area contributed by atoms with Gasteiger partial charge in [-0.15, -0.1) is 0 Å².